The monoisotopic (exact) mass is 445 g/mol. The molecule has 1 aromatic heterocycles. The van der Waals surface area contributed by atoms with Crippen molar-refractivity contribution in [1.29, 1.82) is 0 Å². The number of halogens is 1. The van der Waals surface area contributed by atoms with E-state index in [-0.39, 0.29) is 35.7 Å². The fraction of sp³-hybridized carbons (Fsp3) is 0.476. The van der Waals surface area contributed by atoms with Crippen molar-refractivity contribution in [1.82, 2.24) is 25.1 Å². The number of aromatic nitrogens is 4. The number of carbonyl (C=O) groups excluding carboxylic acids is 1. The zero-order valence-corrected chi connectivity index (χ0v) is 17.8. The zero-order valence-electron chi connectivity index (χ0n) is 16.9. The first kappa shape index (κ1) is 21.6. The molecule has 2 aromatic rings. The van der Waals surface area contributed by atoms with Gasteiger partial charge in [-0.15, -0.1) is 10.2 Å². The Morgan fingerprint density at radius 1 is 1.29 bits per heavy atom. The molecule has 1 N–H and O–H groups in total. The summed E-state index contributed by atoms with van der Waals surface area (Å²) in [6, 6.07) is 5.84. The molecule has 2 unspecified atom stereocenters. The minimum Gasteiger partial charge on any atom is -0.481 e. The van der Waals surface area contributed by atoms with Gasteiger partial charge in [0.25, 0.3) is 0 Å². The van der Waals surface area contributed by atoms with E-state index < -0.39 is 12.0 Å². The highest BCUT2D eigenvalue weighted by atomic mass is 32.1. The van der Waals surface area contributed by atoms with Crippen LogP contribution in [-0.4, -0.2) is 60.3 Å². The first-order valence-corrected chi connectivity index (χ1v) is 10.8. The average Bonchev–Trinajstić information content (AvgIpc) is 3.50. The molecule has 2 fully saturated rings. The van der Waals surface area contributed by atoms with Crippen LogP contribution < -0.4 is 0 Å². The molecule has 31 heavy (non-hydrogen) atoms. The lowest BCUT2D eigenvalue weighted by Gasteiger charge is -2.37. The first-order chi connectivity index (χ1) is 14.9. The van der Waals surface area contributed by atoms with Gasteiger partial charge in [-0.1, -0.05) is 18.2 Å². The SMILES string of the molecule is O=C(O)CCn1nnc(C=C2CN(C(C(=O)C3CC3)c3ccccc3F)CCC2S)n1. The van der Waals surface area contributed by atoms with E-state index in [4.69, 9.17) is 5.11 Å². The van der Waals surface area contributed by atoms with Gasteiger partial charge in [0.2, 0.25) is 0 Å². The summed E-state index contributed by atoms with van der Waals surface area (Å²) < 4.78 is 14.6. The molecule has 10 heteroatoms. The van der Waals surface area contributed by atoms with E-state index in [0.29, 0.717) is 30.9 Å². The molecule has 0 spiro atoms. The lowest BCUT2D eigenvalue weighted by atomic mass is 9.93. The Morgan fingerprint density at radius 3 is 2.77 bits per heavy atom. The molecule has 1 aliphatic carbocycles. The van der Waals surface area contributed by atoms with E-state index in [1.54, 1.807) is 24.3 Å². The fourth-order valence-corrected chi connectivity index (χ4v) is 4.11. The maximum absolute atomic E-state index is 14.6. The molecule has 8 nitrogen and oxygen atoms in total. The second-order valence-electron chi connectivity index (χ2n) is 7.98. The van der Waals surface area contributed by atoms with Crippen LogP contribution in [0.4, 0.5) is 4.39 Å². The van der Waals surface area contributed by atoms with Gasteiger partial charge in [0.1, 0.15) is 5.82 Å². The molecule has 0 radical (unpaired) electrons. The maximum Gasteiger partial charge on any atom is 0.305 e. The Balaban J connectivity index is 1.56. The van der Waals surface area contributed by atoms with Gasteiger partial charge in [0.15, 0.2) is 11.6 Å². The average molecular weight is 446 g/mol. The quantitative estimate of drug-likeness (QED) is 0.602. The van der Waals surface area contributed by atoms with Crippen LogP contribution in [-0.2, 0) is 16.1 Å². The summed E-state index contributed by atoms with van der Waals surface area (Å²) in [6.07, 6.45) is 4.10. The van der Waals surface area contributed by atoms with Crippen LogP contribution in [0.1, 0.15) is 43.1 Å². The number of hydrogen-bond donors (Lipinski definition) is 2. The molecule has 1 saturated carbocycles. The van der Waals surface area contributed by atoms with Crippen molar-refractivity contribution < 1.29 is 19.1 Å². The van der Waals surface area contributed by atoms with E-state index in [0.717, 1.165) is 18.4 Å². The van der Waals surface area contributed by atoms with Gasteiger partial charge < -0.3 is 5.11 Å². The van der Waals surface area contributed by atoms with Crippen molar-refractivity contribution in [2.75, 3.05) is 13.1 Å². The van der Waals surface area contributed by atoms with Gasteiger partial charge in [-0.3, -0.25) is 14.5 Å². The minimum absolute atomic E-state index is 0.00145. The predicted molar refractivity (Wildman–Crippen MR) is 114 cm³/mol. The molecule has 4 rings (SSSR count). The van der Waals surface area contributed by atoms with Gasteiger partial charge in [-0.05, 0) is 42.2 Å². The van der Waals surface area contributed by atoms with Crippen LogP contribution in [0.15, 0.2) is 29.8 Å². The molecule has 2 atom stereocenters. The van der Waals surface area contributed by atoms with E-state index in [1.807, 2.05) is 4.90 Å². The van der Waals surface area contributed by atoms with Crippen molar-refractivity contribution in [3.8, 4) is 0 Å². The molecular formula is C21H24FN5O3S. The van der Waals surface area contributed by atoms with E-state index in [1.165, 1.54) is 10.9 Å². The van der Waals surface area contributed by atoms with Gasteiger partial charge in [-0.2, -0.15) is 17.4 Å². The molecule has 0 bridgehead atoms. The lowest BCUT2D eigenvalue weighted by Crippen LogP contribution is -2.42. The number of benzene rings is 1. The Kier molecular flexibility index (Phi) is 6.47. The van der Waals surface area contributed by atoms with Crippen LogP contribution in [0, 0.1) is 11.7 Å². The summed E-state index contributed by atoms with van der Waals surface area (Å²) in [5.41, 5.74) is 1.33. The highest BCUT2D eigenvalue weighted by Gasteiger charge is 2.40. The number of rotatable bonds is 8. The number of hydrogen-bond acceptors (Lipinski definition) is 7. The number of nitrogens with zero attached hydrogens (tertiary/aromatic N) is 5. The van der Waals surface area contributed by atoms with Crippen LogP contribution in [0.5, 0.6) is 0 Å². The topological polar surface area (TPSA) is 101 Å². The summed E-state index contributed by atoms with van der Waals surface area (Å²) in [6.45, 7) is 1.20. The van der Waals surface area contributed by atoms with Gasteiger partial charge in [0.05, 0.1) is 19.0 Å². The summed E-state index contributed by atoms with van der Waals surface area (Å²) in [4.78, 5) is 27.1. The predicted octanol–water partition coefficient (Wildman–Crippen LogP) is 2.39. The Hall–Kier alpha value is -2.59. The molecule has 2 aliphatic rings. The van der Waals surface area contributed by atoms with Crippen molar-refractivity contribution in [2.24, 2.45) is 5.92 Å². The maximum atomic E-state index is 14.6. The molecule has 0 amide bonds. The number of likely N-dealkylation sites (tertiary alicyclic amines) is 1. The zero-order chi connectivity index (χ0) is 22.0. The smallest absolute Gasteiger partial charge is 0.305 e. The lowest BCUT2D eigenvalue weighted by molar-refractivity contribution is -0.137. The third-order valence-electron chi connectivity index (χ3n) is 5.63. The summed E-state index contributed by atoms with van der Waals surface area (Å²) in [7, 11) is 0. The van der Waals surface area contributed by atoms with Crippen molar-refractivity contribution >= 4 is 30.5 Å². The van der Waals surface area contributed by atoms with Crippen molar-refractivity contribution in [3.63, 3.8) is 0 Å². The second-order valence-corrected chi connectivity index (χ2v) is 8.61. The Labute approximate surface area is 184 Å². The number of carbonyl (C=O) groups is 2. The van der Waals surface area contributed by atoms with Gasteiger partial charge >= 0.3 is 5.97 Å². The number of aliphatic carboxylic acids is 1. The molecule has 1 aromatic carbocycles. The minimum atomic E-state index is -0.935. The van der Waals surface area contributed by atoms with E-state index in [9.17, 15) is 14.0 Å². The number of carboxylic acids is 1. The Morgan fingerprint density at radius 2 is 2.06 bits per heavy atom. The third-order valence-corrected chi connectivity index (χ3v) is 6.22. The summed E-state index contributed by atoms with van der Waals surface area (Å²) in [5, 5.41) is 20.8. The molecule has 164 valence electrons. The normalized spacial score (nSPS) is 21.9. The van der Waals surface area contributed by atoms with E-state index >= 15 is 0 Å². The van der Waals surface area contributed by atoms with Crippen LogP contribution in [0.2, 0.25) is 0 Å². The van der Waals surface area contributed by atoms with Crippen LogP contribution in [0.3, 0.4) is 0 Å². The fourth-order valence-electron chi connectivity index (χ4n) is 3.84. The number of tetrazole rings is 1. The summed E-state index contributed by atoms with van der Waals surface area (Å²) in [5.74, 6) is -0.878. The number of carboxylic acid groups (broad SMARTS) is 1. The number of ketones is 1. The van der Waals surface area contributed by atoms with Crippen LogP contribution in [0.25, 0.3) is 6.08 Å². The Bertz CT molecular complexity index is 1010. The molecule has 1 aliphatic heterocycles. The highest BCUT2D eigenvalue weighted by molar-refractivity contribution is 7.81. The third kappa shape index (κ3) is 5.19. The van der Waals surface area contributed by atoms with Crippen molar-refractivity contribution in [2.45, 2.75) is 43.5 Å². The summed E-state index contributed by atoms with van der Waals surface area (Å²) >= 11 is 4.67. The number of Topliss-reactive ketones (excluding diaryl/α,β-unsaturated/α-hetero) is 1. The molecular weight excluding hydrogens is 421 g/mol. The number of aryl methyl sites for hydroxylation is 1. The largest absolute Gasteiger partial charge is 0.481 e. The van der Waals surface area contributed by atoms with Crippen LogP contribution >= 0.6 is 12.6 Å². The first-order valence-electron chi connectivity index (χ1n) is 10.3. The van der Waals surface area contributed by atoms with Gasteiger partial charge in [-0.25, -0.2) is 4.39 Å². The molecule has 1 saturated heterocycles. The second kappa shape index (κ2) is 9.27. The highest BCUT2D eigenvalue weighted by Crippen LogP contribution is 2.39. The van der Waals surface area contributed by atoms with E-state index in [2.05, 4.69) is 28.0 Å². The van der Waals surface area contributed by atoms with Gasteiger partial charge in [0, 0.05) is 29.8 Å². The standard InChI is InChI=1S/C21H24FN5O3S/c22-16-4-2-1-3-15(16)20(21(30)13-5-6-13)26-9-7-17(31)14(12-26)11-18-23-25-27(24-18)10-8-19(28)29/h1-4,11,13,17,20,31H,5-10,12H2,(H,28,29). The number of thiol groups is 1. The van der Waals surface area contributed by atoms with Crippen molar-refractivity contribution in [3.05, 3.63) is 47.0 Å². The molecule has 2 heterocycles. The number of piperidine rings is 1.